The Morgan fingerprint density at radius 2 is 1.05 bits per heavy atom. The Balaban J connectivity index is 2.83. The van der Waals surface area contributed by atoms with Crippen LogP contribution >= 0.6 is 15.6 Å². The molecule has 0 spiro atoms. The number of phosphoric acid groups is 2. The van der Waals surface area contributed by atoms with Crippen molar-refractivity contribution in [3.63, 3.8) is 0 Å². The number of aliphatic hydroxyl groups excluding tert-OH is 4. The van der Waals surface area contributed by atoms with Gasteiger partial charge in [-0.1, -0.05) is 84.0 Å². The largest absolute Gasteiger partial charge is 0.472 e. The second kappa shape index (κ2) is 30.0. The van der Waals surface area contributed by atoms with E-state index in [2.05, 4.69) is 82.5 Å². The summed E-state index contributed by atoms with van der Waals surface area (Å²) in [6.45, 7) is 0.506. The third kappa shape index (κ3) is 24.6. The minimum absolute atomic E-state index is 0.0373. The van der Waals surface area contributed by atoms with Crippen molar-refractivity contribution < 1.29 is 76.9 Å². The maximum atomic E-state index is 12.9. The second-order valence-electron chi connectivity index (χ2n) is 12.7. The highest BCUT2D eigenvalue weighted by molar-refractivity contribution is 7.47. The monoisotopic (exact) mass is 848 g/mol. The number of aliphatic hydroxyl groups is 4. The molecule has 0 aromatic rings. The maximum absolute atomic E-state index is 12.9. The fourth-order valence-corrected chi connectivity index (χ4v) is 6.74. The molecule has 1 fully saturated rings. The van der Waals surface area contributed by atoms with Gasteiger partial charge in [-0.3, -0.25) is 18.4 Å². The van der Waals surface area contributed by atoms with Gasteiger partial charge in [-0.2, -0.15) is 0 Å². The van der Waals surface area contributed by atoms with Crippen LogP contribution in [-0.4, -0.2) is 103 Å². The first kappa shape index (κ1) is 51.9. The van der Waals surface area contributed by atoms with Crippen LogP contribution in [0.2, 0.25) is 0 Å². The van der Waals surface area contributed by atoms with E-state index in [0.717, 1.165) is 32.1 Å². The number of unbranched alkanes of at least 4 members (excludes halogenated alkanes) is 12. The van der Waals surface area contributed by atoms with Gasteiger partial charge < -0.3 is 44.6 Å². The first-order valence-electron chi connectivity index (χ1n) is 18.6. The molecule has 18 heteroatoms. The molecule has 16 nitrogen and oxygen atoms in total. The molecule has 0 amide bonds. The van der Waals surface area contributed by atoms with E-state index in [-0.39, 0.29) is 6.42 Å². The van der Waals surface area contributed by atoms with Crippen molar-refractivity contribution >= 4 is 27.6 Å². The summed E-state index contributed by atoms with van der Waals surface area (Å²) in [6.07, 6.45) is 3.80. The molecule has 1 saturated carbocycles. The van der Waals surface area contributed by atoms with E-state index >= 15 is 0 Å². The van der Waals surface area contributed by atoms with Gasteiger partial charge in [0.25, 0.3) is 0 Å². The first-order chi connectivity index (χ1) is 27.6. The van der Waals surface area contributed by atoms with Gasteiger partial charge in [-0.15, -0.1) is 6.42 Å². The maximum Gasteiger partial charge on any atom is 0.472 e. The molecule has 4 unspecified atom stereocenters. The van der Waals surface area contributed by atoms with Gasteiger partial charge in [0.2, 0.25) is 0 Å². The zero-order valence-corrected chi connectivity index (χ0v) is 33.9. The van der Waals surface area contributed by atoms with Gasteiger partial charge in [-0.05, 0) is 77.5 Å². The lowest BCUT2D eigenvalue weighted by Crippen LogP contribution is -2.64. The topological polar surface area (TPSA) is 256 Å². The van der Waals surface area contributed by atoms with E-state index in [0.29, 0.717) is 6.42 Å². The van der Waals surface area contributed by atoms with Crippen LogP contribution in [0.25, 0.3) is 0 Å². The molecule has 8 atom stereocenters. The fraction of sp³-hybridized carbons (Fsp3) is 0.600. The van der Waals surface area contributed by atoms with Gasteiger partial charge >= 0.3 is 27.6 Å². The standard InChI is InChI=1S/C40H50O16P2/c1-3-5-7-9-11-13-15-17-19-21-23-25-27-29-34(42)54-32(30-52-33(41)28-26-24-22-20-18-16-14-12-10-8-6-4-2)31-53-58(50,51)56-40-37(45)35(43)36(44)39(38(40)46)55-57(47,48)49/h2,32,35-40,43-46H,3,5,7,9,11,13,15,17,19,21,23,25,27,29-31H2,1H3,(H,50,51)(H2,47,48,49)/t32-,35+,36?,37?,38-,39-,40?/m1/s1. The number of carbonyl (C=O) groups excluding carboxylic acids is 2. The fourth-order valence-electron chi connectivity index (χ4n) is 5.20. The van der Waals surface area contributed by atoms with E-state index in [9.17, 15) is 44.0 Å². The zero-order chi connectivity index (χ0) is 43.2. The molecule has 0 aliphatic heterocycles. The summed E-state index contributed by atoms with van der Waals surface area (Å²) in [7, 11) is -10.8. The summed E-state index contributed by atoms with van der Waals surface area (Å²) in [6, 6.07) is 0. The minimum atomic E-state index is -5.39. The van der Waals surface area contributed by atoms with Crippen molar-refractivity contribution in [1.29, 1.82) is 0 Å². The number of terminal acetylenes is 1. The van der Waals surface area contributed by atoms with E-state index in [1.165, 1.54) is 44.9 Å². The van der Waals surface area contributed by atoms with Crippen LogP contribution in [0.3, 0.4) is 0 Å². The van der Waals surface area contributed by atoms with E-state index in [4.69, 9.17) is 34.7 Å². The smallest absolute Gasteiger partial charge is 0.456 e. The number of hydrogen-bond acceptors (Lipinski definition) is 13. The highest BCUT2D eigenvalue weighted by Crippen LogP contribution is 2.49. The van der Waals surface area contributed by atoms with Crippen LogP contribution in [0, 0.1) is 83.4 Å². The molecule has 58 heavy (non-hydrogen) atoms. The van der Waals surface area contributed by atoms with Crippen molar-refractivity contribution in [2.24, 2.45) is 0 Å². The van der Waals surface area contributed by atoms with Crippen LogP contribution in [0.1, 0.15) is 96.8 Å². The number of esters is 2. The summed E-state index contributed by atoms with van der Waals surface area (Å²) in [4.78, 5) is 53.5. The van der Waals surface area contributed by atoms with Crippen LogP contribution < -0.4 is 0 Å². The Kier molecular flexibility index (Phi) is 26.9. The molecule has 1 aliphatic rings. The lowest BCUT2D eigenvalue weighted by Gasteiger charge is -2.43. The minimum Gasteiger partial charge on any atom is -0.456 e. The summed E-state index contributed by atoms with van der Waals surface area (Å²) in [5.41, 5.74) is 0. The van der Waals surface area contributed by atoms with E-state index in [1.807, 2.05) is 5.92 Å². The van der Waals surface area contributed by atoms with E-state index in [1.54, 1.807) is 0 Å². The molecule has 7 N–H and O–H groups in total. The van der Waals surface area contributed by atoms with Crippen LogP contribution in [0.15, 0.2) is 0 Å². The van der Waals surface area contributed by atoms with Gasteiger partial charge in [0, 0.05) is 12.3 Å². The second-order valence-corrected chi connectivity index (χ2v) is 15.3. The van der Waals surface area contributed by atoms with Crippen LogP contribution in [-0.2, 0) is 41.8 Å². The average molecular weight is 849 g/mol. The molecular weight excluding hydrogens is 798 g/mol. The molecule has 0 saturated heterocycles. The SMILES string of the molecule is C#CC#CC#CC#CC#CC#CC#CC(=O)OC[C@H](COP(=O)(O)OC1C(O)[C@@H](O)C(O)[C@@H](OP(=O)(O)O)[C@H]1O)OC(=O)CCCCCCCCCCCCCCC. The summed E-state index contributed by atoms with van der Waals surface area (Å²) in [5, 5.41) is 40.9. The first-order valence-corrected chi connectivity index (χ1v) is 21.6. The third-order valence-corrected chi connectivity index (χ3v) is 9.53. The quantitative estimate of drug-likeness (QED) is 0.0241. The van der Waals surface area contributed by atoms with Crippen LogP contribution in [0.5, 0.6) is 0 Å². The highest BCUT2D eigenvalue weighted by atomic mass is 31.2. The molecule has 0 bridgehead atoms. The molecule has 1 aliphatic carbocycles. The van der Waals surface area contributed by atoms with Gasteiger partial charge in [0.05, 0.1) is 6.61 Å². The van der Waals surface area contributed by atoms with Crippen molar-refractivity contribution in [1.82, 2.24) is 0 Å². The Hall–Kier alpha value is -4.08. The lowest BCUT2D eigenvalue weighted by atomic mass is 9.85. The molecule has 316 valence electrons. The zero-order valence-electron chi connectivity index (χ0n) is 32.1. The molecule has 0 radical (unpaired) electrons. The lowest BCUT2D eigenvalue weighted by molar-refractivity contribution is -0.216. The average Bonchev–Trinajstić information content (AvgIpc) is 3.17. The molecule has 0 heterocycles. The van der Waals surface area contributed by atoms with Gasteiger partial charge in [0.1, 0.15) is 43.2 Å². The summed E-state index contributed by atoms with van der Waals surface area (Å²) >= 11 is 0. The predicted molar refractivity (Wildman–Crippen MR) is 208 cm³/mol. The third-order valence-electron chi connectivity index (χ3n) is 8.03. The number of carbonyl (C=O) groups is 2. The van der Waals surface area contributed by atoms with Gasteiger partial charge in [0.15, 0.2) is 6.10 Å². The molecule has 1 rings (SSSR count). The van der Waals surface area contributed by atoms with Gasteiger partial charge in [-0.25, -0.2) is 13.9 Å². The van der Waals surface area contributed by atoms with Crippen molar-refractivity contribution in [2.45, 2.75) is 140 Å². The Morgan fingerprint density at radius 3 is 1.53 bits per heavy atom. The number of hydrogen-bond donors (Lipinski definition) is 7. The van der Waals surface area contributed by atoms with Crippen molar-refractivity contribution in [3.8, 4) is 83.4 Å². The number of rotatable bonds is 24. The van der Waals surface area contributed by atoms with Crippen molar-refractivity contribution in [3.05, 3.63) is 0 Å². The Labute approximate surface area is 340 Å². The molecular formula is C40H50O16P2. The van der Waals surface area contributed by atoms with E-state index < -0.39 is 83.5 Å². The molecule has 0 aromatic heterocycles. The van der Waals surface area contributed by atoms with Crippen molar-refractivity contribution in [2.75, 3.05) is 13.2 Å². The number of phosphoric ester groups is 2. The summed E-state index contributed by atoms with van der Waals surface area (Å²) < 4.78 is 48.4. The normalized spacial score (nSPS) is 20.9. The summed E-state index contributed by atoms with van der Waals surface area (Å²) in [5.74, 6) is 27.9. The highest BCUT2D eigenvalue weighted by Gasteiger charge is 2.54. The Morgan fingerprint density at radius 1 is 0.603 bits per heavy atom. The Bertz CT molecular complexity index is 1830. The van der Waals surface area contributed by atoms with Crippen LogP contribution in [0.4, 0.5) is 0 Å². The predicted octanol–water partition coefficient (Wildman–Crippen LogP) is 2.01. The molecule has 0 aromatic carbocycles. The number of ether oxygens (including phenoxy) is 2.